The van der Waals surface area contributed by atoms with E-state index in [9.17, 15) is 20.1 Å². The number of carbonyl (C=O) groups excluding carboxylic acids is 1. The molecule has 4 N–H and O–H groups in total. The Kier molecular flexibility index (Phi) is 5.36. The number of phenolic OH excluding ortho intramolecular Hbond substituents is 3. The Bertz CT molecular complexity index is 721. The third-order valence-corrected chi connectivity index (χ3v) is 3.48. The van der Waals surface area contributed by atoms with Gasteiger partial charge in [-0.05, 0) is 36.2 Å². The van der Waals surface area contributed by atoms with Crippen molar-refractivity contribution in [1.29, 1.82) is 0 Å². The third-order valence-electron chi connectivity index (χ3n) is 3.48. The smallest absolute Gasteiger partial charge is 0.251 e. The van der Waals surface area contributed by atoms with Crippen LogP contribution in [-0.4, -0.2) is 42.0 Å². The van der Waals surface area contributed by atoms with E-state index < -0.39 is 23.2 Å². The zero-order chi connectivity index (χ0) is 17.7. The van der Waals surface area contributed by atoms with E-state index in [1.165, 1.54) is 0 Å². The lowest BCUT2D eigenvalue weighted by atomic mass is 10.1. The average Bonchev–Trinajstić information content (AvgIpc) is 2.58. The second kappa shape index (κ2) is 7.45. The standard InChI is InChI=1S/C17H19NO6/c1-23-14-4-3-10(7-15(14)24-2)5-6-18-17(22)11-8-12(19)16(21)13(20)9-11/h3-4,7-9,19-21H,5-6H2,1-2H3,(H,18,22). The SMILES string of the molecule is COc1ccc(CCNC(=O)c2cc(O)c(O)c(O)c2)cc1OC. The van der Waals surface area contributed by atoms with E-state index in [0.29, 0.717) is 24.5 Å². The first-order chi connectivity index (χ1) is 11.5. The first-order valence-corrected chi connectivity index (χ1v) is 7.20. The molecule has 0 spiro atoms. The van der Waals surface area contributed by atoms with Crippen LogP contribution in [0.2, 0.25) is 0 Å². The summed E-state index contributed by atoms with van der Waals surface area (Å²) in [5.41, 5.74) is 1.000. The lowest BCUT2D eigenvalue weighted by Crippen LogP contribution is -2.25. The number of ether oxygens (including phenoxy) is 2. The molecule has 7 nitrogen and oxygen atoms in total. The number of benzene rings is 2. The monoisotopic (exact) mass is 333 g/mol. The lowest BCUT2D eigenvalue weighted by Gasteiger charge is -2.10. The van der Waals surface area contributed by atoms with Gasteiger partial charge in [-0.2, -0.15) is 0 Å². The topological polar surface area (TPSA) is 108 Å². The van der Waals surface area contributed by atoms with E-state index in [-0.39, 0.29) is 5.56 Å². The molecule has 0 aliphatic carbocycles. The molecule has 0 aromatic heterocycles. The Morgan fingerprint density at radius 3 is 2.21 bits per heavy atom. The first kappa shape index (κ1) is 17.3. The van der Waals surface area contributed by atoms with Crippen molar-refractivity contribution in [2.24, 2.45) is 0 Å². The van der Waals surface area contributed by atoms with Gasteiger partial charge in [0.1, 0.15) is 0 Å². The van der Waals surface area contributed by atoms with Crippen molar-refractivity contribution in [3.05, 3.63) is 41.5 Å². The zero-order valence-corrected chi connectivity index (χ0v) is 13.4. The summed E-state index contributed by atoms with van der Waals surface area (Å²) >= 11 is 0. The van der Waals surface area contributed by atoms with E-state index in [1.807, 2.05) is 12.1 Å². The minimum Gasteiger partial charge on any atom is -0.504 e. The largest absolute Gasteiger partial charge is 0.504 e. The third kappa shape index (κ3) is 3.81. The summed E-state index contributed by atoms with van der Waals surface area (Å²) in [5, 5.41) is 30.8. The molecule has 0 unspecified atom stereocenters. The summed E-state index contributed by atoms with van der Waals surface area (Å²) in [4.78, 5) is 12.0. The normalized spacial score (nSPS) is 10.2. The number of hydrogen-bond acceptors (Lipinski definition) is 6. The Balaban J connectivity index is 1.98. The van der Waals surface area contributed by atoms with Gasteiger partial charge < -0.3 is 30.1 Å². The summed E-state index contributed by atoms with van der Waals surface area (Å²) in [5.74, 6) is -1.01. The predicted molar refractivity (Wildman–Crippen MR) is 87.0 cm³/mol. The van der Waals surface area contributed by atoms with Crippen LogP contribution in [0.5, 0.6) is 28.7 Å². The molecular weight excluding hydrogens is 314 g/mol. The molecule has 2 aromatic carbocycles. The maximum atomic E-state index is 12.0. The Labute approximate surface area is 139 Å². The molecule has 0 atom stereocenters. The fourth-order valence-electron chi connectivity index (χ4n) is 2.19. The minimum absolute atomic E-state index is 0.0510. The molecule has 0 radical (unpaired) electrons. The molecule has 7 heteroatoms. The summed E-state index contributed by atoms with van der Waals surface area (Å²) in [7, 11) is 3.10. The summed E-state index contributed by atoms with van der Waals surface area (Å²) in [6.45, 7) is 0.344. The number of nitrogens with one attached hydrogen (secondary N) is 1. The maximum Gasteiger partial charge on any atom is 0.251 e. The first-order valence-electron chi connectivity index (χ1n) is 7.20. The molecule has 128 valence electrons. The highest BCUT2D eigenvalue weighted by molar-refractivity contribution is 5.95. The molecule has 0 saturated carbocycles. The van der Waals surface area contributed by atoms with Gasteiger partial charge in [-0.3, -0.25) is 4.79 Å². The van der Waals surface area contributed by atoms with Crippen molar-refractivity contribution in [1.82, 2.24) is 5.32 Å². The molecule has 0 aliphatic rings. The van der Waals surface area contributed by atoms with Crippen LogP contribution < -0.4 is 14.8 Å². The van der Waals surface area contributed by atoms with E-state index in [1.54, 1.807) is 20.3 Å². The highest BCUT2D eigenvalue weighted by Gasteiger charge is 2.13. The number of hydrogen-bond donors (Lipinski definition) is 4. The van der Waals surface area contributed by atoms with Crippen LogP contribution in [-0.2, 0) is 6.42 Å². The van der Waals surface area contributed by atoms with Gasteiger partial charge in [-0.15, -0.1) is 0 Å². The number of methoxy groups -OCH3 is 2. The van der Waals surface area contributed by atoms with Crippen LogP contribution in [0, 0.1) is 0 Å². The van der Waals surface area contributed by atoms with Gasteiger partial charge in [-0.25, -0.2) is 0 Å². The van der Waals surface area contributed by atoms with Crippen molar-refractivity contribution in [3.8, 4) is 28.7 Å². The number of rotatable bonds is 6. The molecule has 2 aromatic rings. The highest BCUT2D eigenvalue weighted by Crippen LogP contribution is 2.35. The van der Waals surface area contributed by atoms with Crippen molar-refractivity contribution in [2.75, 3.05) is 20.8 Å². The molecular formula is C17H19NO6. The van der Waals surface area contributed by atoms with Gasteiger partial charge >= 0.3 is 0 Å². The van der Waals surface area contributed by atoms with Gasteiger partial charge in [0.05, 0.1) is 14.2 Å². The highest BCUT2D eigenvalue weighted by atomic mass is 16.5. The number of aromatic hydroxyl groups is 3. The molecule has 1 amide bonds. The van der Waals surface area contributed by atoms with Crippen LogP contribution in [0.25, 0.3) is 0 Å². The summed E-state index contributed by atoms with van der Waals surface area (Å²) < 4.78 is 10.4. The number of carbonyl (C=O) groups is 1. The fraction of sp³-hybridized carbons (Fsp3) is 0.235. The quantitative estimate of drug-likeness (QED) is 0.600. The maximum absolute atomic E-state index is 12.0. The zero-order valence-electron chi connectivity index (χ0n) is 13.4. The van der Waals surface area contributed by atoms with Crippen LogP contribution in [0.15, 0.2) is 30.3 Å². The minimum atomic E-state index is -0.656. The molecule has 0 fully saturated rings. The fourth-order valence-corrected chi connectivity index (χ4v) is 2.19. The predicted octanol–water partition coefficient (Wildman–Crippen LogP) is 1.79. The second-order valence-electron chi connectivity index (χ2n) is 5.06. The van der Waals surface area contributed by atoms with Crippen molar-refractivity contribution in [3.63, 3.8) is 0 Å². The van der Waals surface area contributed by atoms with Crippen molar-refractivity contribution < 1.29 is 29.6 Å². The van der Waals surface area contributed by atoms with E-state index in [0.717, 1.165) is 17.7 Å². The van der Waals surface area contributed by atoms with Gasteiger partial charge in [0.25, 0.3) is 5.91 Å². The molecule has 0 heterocycles. The second-order valence-corrected chi connectivity index (χ2v) is 5.06. The van der Waals surface area contributed by atoms with Gasteiger partial charge in [0.15, 0.2) is 28.7 Å². The molecule has 0 saturated heterocycles. The van der Waals surface area contributed by atoms with Gasteiger partial charge in [0, 0.05) is 12.1 Å². The van der Waals surface area contributed by atoms with E-state index in [2.05, 4.69) is 5.32 Å². The van der Waals surface area contributed by atoms with Crippen LogP contribution in [0.1, 0.15) is 15.9 Å². The van der Waals surface area contributed by atoms with Crippen LogP contribution >= 0.6 is 0 Å². The summed E-state index contributed by atoms with van der Waals surface area (Å²) in [6, 6.07) is 7.64. The Hall–Kier alpha value is -3.09. The van der Waals surface area contributed by atoms with Crippen molar-refractivity contribution >= 4 is 5.91 Å². The molecule has 2 rings (SSSR count). The average molecular weight is 333 g/mol. The van der Waals surface area contributed by atoms with Crippen LogP contribution in [0.4, 0.5) is 0 Å². The van der Waals surface area contributed by atoms with Crippen molar-refractivity contribution in [2.45, 2.75) is 6.42 Å². The van der Waals surface area contributed by atoms with Crippen LogP contribution in [0.3, 0.4) is 0 Å². The molecule has 0 aliphatic heterocycles. The Morgan fingerprint density at radius 2 is 1.62 bits per heavy atom. The molecule has 0 bridgehead atoms. The van der Waals surface area contributed by atoms with Gasteiger partial charge in [-0.1, -0.05) is 6.07 Å². The number of amides is 1. The molecule has 24 heavy (non-hydrogen) atoms. The van der Waals surface area contributed by atoms with E-state index in [4.69, 9.17) is 9.47 Å². The Morgan fingerprint density at radius 1 is 1.00 bits per heavy atom. The van der Waals surface area contributed by atoms with E-state index >= 15 is 0 Å². The lowest BCUT2D eigenvalue weighted by molar-refractivity contribution is 0.0953. The number of phenols is 3. The van der Waals surface area contributed by atoms with Gasteiger partial charge in [0.2, 0.25) is 0 Å². The summed E-state index contributed by atoms with van der Waals surface area (Å²) in [6.07, 6.45) is 0.558.